The molecule has 2 rings (SSSR count). The summed E-state index contributed by atoms with van der Waals surface area (Å²) in [5, 5.41) is 34.2. The summed E-state index contributed by atoms with van der Waals surface area (Å²) >= 11 is 0. The van der Waals surface area contributed by atoms with Crippen molar-refractivity contribution in [3.8, 4) is 6.07 Å². The van der Waals surface area contributed by atoms with Crippen molar-refractivity contribution >= 4 is 17.3 Å². The maximum atomic E-state index is 12.1. The van der Waals surface area contributed by atoms with Gasteiger partial charge >= 0.3 is 0 Å². The van der Waals surface area contributed by atoms with Crippen LogP contribution < -0.4 is 10.6 Å². The molecule has 0 bridgehead atoms. The highest BCUT2D eigenvalue weighted by molar-refractivity contribution is 6.06. The third kappa shape index (κ3) is 5.15. The monoisotopic (exact) mass is 352 g/mol. The zero-order valence-corrected chi connectivity index (χ0v) is 13.7. The molecule has 0 aliphatic rings. The smallest absolute Gasteiger partial charge is 0.271 e. The first-order valence-corrected chi connectivity index (χ1v) is 7.61. The van der Waals surface area contributed by atoms with Gasteiger partial charge in [0, 0.05) is 30.6 Å². The average molecular weight is 352 g/mol. The minimum absolute atomic E-state index is 0.0377. The van der Waals surface area contributed by atoms with Crippen LogP contribution in [0.1, 0.15) is 11.1 Å². The first-order chi connectivity index (χ1) is 12.5. The van der Waals surface area contributed by atoms with Crippen LogP contribution >= 0.6 is 0 Å². The fraction of sp³-hybridized carbons (Fsp3) is 0.111. The predicted molar refractivity (Wildman–Crippen MR) is 94.6 cm³/mol. The number of carbonyl (C=O) groups is 1. The van der Waals surface area contributed by atoms with E-state index >= 15 is 0 Å². The van der Waals surface area contributed by atoms with Crippen molar-refractivity contribution in [2.24, 2.45) is 0 Å². The molecular weight excluding hydrogens is 336 g/mol. The lowest BCUT2D eigenvalue weighted by atomic mass is 10.1. The van der Waals surface area contributed by atoms with Gasteiger partial charge in [0.25, 0.3) is 11.6 Å². The molecule has 0 aromatic heterocycles. The molecule has 2 aromatic rings. The number of amides is 1. The lowest BCUT2D eigenvalue weighted by molar-refractivity contribution is -0.384. The van der Waals surface area contributed by atoms with Crippen molar-refractivity contribution in [3.05, 3.63) is 81.5 Å². The van der Waals surface area contributed by atoms with Gasteiger partial charge in [-0.25, -0.2) is 0 Å². The lowest BCUT2D eigenvalue weighted by Gasteiger charge is -2.06. The molecule has 8 heteroatoms. The molecule has 0 aliphatic carbocycles. The Kier molecular flexibility index (Phi) is 6.42. The van der Waals surface area contributed by atoms with Crippen LogP contribution in [0.3, 0.4) is 0 Å². The maximum absolute atomic E-state index is 12.1. The predicted octanol–water partition coefficient (Wildman–Crippen LogP) is 2.22. The number of non-ortho nitro benzene ring substituents is 1. The Balaban J connectivity index is 1.99. The summed E-state index contributed by atoms with van der Waals surface area (Å²) in [6.45, 7) is 0.352. The Bertz CT molecular complexity index is 870. The Morgan fingerprint density at radius 1 is 1.23 bits per heavy atom. The van der Waals surface area contributed by atoms with E-state index in [1.54, 1.807) is 18.2 Å². The molecule has 0 unspecified atom stereocenters. The summed E-state index contributed by atoms with van der Waals surface area (Å²) < 4.78 is 0. The molecule has 8 nitrogen and oxygen atoms in total. The van der Waals surface area contributed by atoms with Gasteiger partial charge in [-0.15, -0.1) is 0 Å². The highest BCUT2D eigenvalue weighted by Gasteiger charge is 2.11. The first kappa shape index (κ1) is 18.6. The van der Waals surface area contributed by atoms with E-state index in [9.17, 15) is 14.9 Å². The Hall–Kier alpha value is -3.70. The number of anilines is 1. The normalized spacial score (nSPS) is 10.7. The maximum Gasteiger partial charge on any atom is 0.271 e. The van der Waals surface area contributed by atoms with E-state index < -0.39 is 10.8 Å². The molecule has 1 amide bonds. The van der Waals surface area contributed by atoms with Crippen molar-refractivity contribution in [1.82, 2.24) is 5.32 Å². The van der Waals surface area contributed by atoms with Crippen LogP contribution in [0.15, 0.2) is 60.3 Å². The van der Waals surface area contributed by atoms with Crippen LogP contribution in [0.5, 0.6) is 0 Å². The lowest BCUT2D eigenvalue weighted by Crippen LogP contribution is -2.16. The van der Waals surface area contributed by atoms with Crippen LogP contribution in [-0.2, 0) is 17.9 Å². The SMILES string of the molecule is N#C/C(=C/NCc1ccc(CO)cc1)C(=O)Nc1cccc([N+](=O)[O-])c1. The largest absolute Gasteiger partial charge is 0.392 e. The zero-order chi connectivity index (χ0) is 18.9. The number of aliphatic hydroxyl groups excluding tert-OH is 1. The van der Waals surface area contributed by atoms with E-state index in [2.05, 4.69) is 10.6 Å². The second-order valence-electron chi connectivity index (χ2n) is 5.29. The van der Waals surface area contributed by atoms with E-state index in [0.717, 1.165) is 11.1 Å². The van der Waals surface area contributed by atoms with Gasteiger partial charge in [0.1, 0.15) is 11.6 Å². The van der Waals surface area contributed by atoms with Crippen molar-refractivity contribution in [1.29, 1.82) is 5.26 Å². The van der Waals surface area contributed by atoms with Crippen LogP contribution in [-0.4, -0.2) is 15.9 Å². The van der Waals surface area contributed by atoms with Gasteiger partial charge in [0.2, 0.25) is 0 Å². The summed E-state index contributed by atoms with van der Waals surface area (Å²) in [7, 11) is 0. The Morgan fingerprint density at radius 3 is 2.54 bits per heavy atom. The molecule has 0 atom stereocenters. The molecule has 26 heavy (non-hydrogen) atoms. The second kappa shape index (κ2) is 8.96. The third-order valence-electron chi connectivity index (χ3n) is 3.44. The van der Waals surface area contributed by atoms with Crippen LogP contribution in [0.4, 0.5) is 11.4 Å². The number of nitriles is 1. The summed E-state index contributed by atoms with van der Waals surface area (Å²) in [4.78, 5) is 22.3. The number of hydrogen-bond acceptors (Lipinski definition) is 6. The standard InChI is InChI=1S/C18H16N4O4/c19-9-15(11-20-10-13-4-6-14(12-23)7-5-13)18(24)21-16-2-1-3-17(8-16)22(25)26/h1-8,11,20,23H,10,12H2,(H,21,24)/b15-11-. The van der Waals surface area contributed by atoms with Gasteiger partial charge in [-0.3, -0.25) is 14.9 Å². The molecule has 0 heterocycles. The number of nitrogens with zero attached hydrogens (tertiary/aromatic N) is 2. The summed E-state index contributed by atoms with van der Waals surface area (Å²) in [5.74, 6) is -0.670. The van der Waals surface area contributed by atoms with E-state index in [4.69, 9.17) is 10.4 Å². The number of nitro benzene ring substituents is 1. The van der Waals surface area contributed by atoms with Gasteiger partial charge in [-0.05, 0) is 17.2 Å². The zero-order valence-electron chi connectivity index (χ0n) is 13.7. The van der Waals surface area contributed by atoms with Gasteiger partial charge in [0.15, 0.2) is 0 Å². The molecule has 0 spiro atoms. The molecule has 132 valence electrons. The van der Waals surface area contributed by atoms with E-state index in [0.29, 0.717) is 6.54 Å². The minimum atomic E-state index is -0.670. The number of rotatable bonds is 7. The fourth-order valence-corrected chi connectivity index (χ4v) is 2.08. The van der Waals surface area contributed by atoms with Crippen molar-refractivity contribution in [2.45, 2.75) is 13.2 Å². The van der Waals surface area contributed by atoms with Gasteiger partial charge in [0.05, 0.1) is 11.5 Å². The van der Waals surface area contributed by atoms with Crippen molar-refractivity contribution in [2.75, 3.05) is 5.32 Å². The summed E-state index contributed by atoms with van der Waals surface area (Å²) in [5.41, 5.74) is 1.61. The minimum Gasteiger partial charge on any atom is -0.392 e. The third-order valence-corrected chi connectivity index (χ3v) is 3.44. The average Bonchev–Trinajstić information content (AvgIpc) is 2.65. The van der Waals surface area contributed by atoms with Gasteiger partial charge in [-0.1, -0.05) is 30.3 Å². The first-order valence-electron chi connectivity index (χ1n) is 7.61. The summed E-state index contributed by atoms with van der Waals surface area (Å²) in [6, 6.07) is 14.4. The molecule has 0 fully saturated rings. The number of benzene rings is 2. The second-order valence-corrected chi connectivity index (χ2v) is 5.29. The molecule has 0 saturated heterocycles. The molecule has 0 saturated carbocycles. The number of aliphatic hydroxyl groups is 1. The van der Waals surface area contributed by atoms with E-state index in [1.165, 1.54) is 30.5 Å². The highest BCUT2D eigenvalue weighted by Crippen LogP contribution is 2.17. The van der Waals surface area contributed by atoms with Gasteiger partial charge in [-0.2, -0.15) is 5.26 Å². The van der Waals surface area contributed by atoms with Gasteiger partial charge < -0.3 is 15.7 Å². The number of carbonyl (C=O) groups excluding carboxylic acids is 1. The van der Waals surface area contributed by atoms with E-state index in [-0.39, 0.29) is 23.6 Å². The molecule has 2 aromatic carbocycles. The van der Waals surface area contributed by atoms with Crippen LogP contribution in [0.2, 0.25) is 0 Å². The Labute approximate surface area is 149 Å². The Morgan fingerprint density at radius 2 is 1.92 bits per heavy atom. The van der Waals surface area contributed by atoms with Crippen LogP contribution in [0.25, 0.3) is 0 Å². The summed E-state index contributed by atoms with van der Waals surface area (Å²) in [6.07, 6.45) is 1.28. The number of nitrogens with one attached hydrogen (secondary N) is 2. The highest BCUT2D eigenvalue weighted by atomic mass is 16.6. The van der Waals surface area contributed by atoms with Crippen LogP contribution in [0, 0.1) is 21.4 Å². The number of hydrogen-bond donors (Lipinski definition) is 3. The van der Waals surface area contributed by atoms with E-state index in [1.807, 2.05) is 12.1 Å². The molecule has 3 N–H and O–H groups in total. The fourth-order valence-electron chi connectivity index (χ4n) is 2.08. The van der Waals surface area contributed by atoms with Crippen molar-refractivity contribution in [3.63, 3.8) is 0 Å². The molecular formula is C18H16N4O4. The van der Waals surface area contributed by atoms with Crippen molar-refractivity contribution < 1.29 is 14.8 Å². The number of nitro groups is 1. The topological polar surface area (TPSA) is 128 Å². The quantitative estimate of drug-likeness (QED) is 0.303. The molecule has 0 radical (unpaired) electrons. The molecule has 0 aliphatic heterocycles.